The van der Waals surface area contributed by atoms with Crippen LogP contribution in [0.2, 0.25) is 0 Å². The highest BCUT2D eigenvalue weighted by Crippen LogP contribution is 2.33. The van der Waals surface area contributed by atoms with Crippen LogP contribution in [0.1, 0.15) is 0 Å². The summed E-state index contributed by atoms with van der Waals surface area (Å²) in [5.41, 5.74) is -6.77. The van der Waals surface area contributed by atoms with E-state index >= 15 is 0 Å². The molecule has 0 fully saturated rings. The highest BCUT2D eigenvalue weighted by atomic mass is 32.2. The van der Waals surface area contributed by atoms with Gasteiger partial charge in [0.15, 0.2) is 0 Å². The van der Waals surface area contributed by atoms with Gasteiger partial charge in [-0.3, -0.25) is 5.50 Å². The fraction of sp³-hybridized carbons (Fsp3) is 1.00. The minimum Gasteiger partial charge on any atom is -0.337 e. The summed E-state index contributed by atoms with van der Waals surface area (Å²) < 4.78 is 111. The van der Waals surface area contributed by atoms with Crippen LogP contribution in [-0.4, -0.2) is 42.5 Å². The molecule has 20 heteroatoms. The quantitative estimate of drug-likeness (QED) is 0.229. The Kier molecular flexibility index (Phi) is 9.16. The van der Waals surface area contributed by atoms with Crippen molar-refractivity contribution in [3.05, 3.63) is 0 Å². The minimum atomic E-state index is -5.74. The van der Waals surface area contributed by atoms with Gasteiger partial charge < -0.3 is 14.7 Å². The molecule has 6 N–H and O–H groups in total. The highest BCUT2D eigenvalue weighted by Gasteiger charge is 2.48. The van der Waals surface area contributed by atoms with Crippen LogP contribution in [0.3, 0.4) is 0 Å². The molecule has 0 bridgehead atoms. The van der Waals surface area contributed by atoms with E-state index in [-0.39, 0.29) is 0 Å². The van der Waals surface area contributed by atoms with Gasteiger partial charge in [-0.05, 0) is 0 Å². The van der Waals surface area contributed by atoms with Gasteiger partial charge in [0.05, 0.1) is 0 Å². The van der Waals surface area contributed by atoms with E-state index in [1.165, 1.54) is 0 Å². The number of nitrogens with one attached hydrogen (secondary N) is 1. The first-order valence-electron chi connectivity index (χ1n) is 3.84. The summed E-state index contributed by atoms with van der Waals surface area (Å²) in [5, 5.41) is 0. The van der Waals surface area contributed by atoms with E-state index in [1.54, 1.807) is 0 Å². The lowest BCUT2D eigenvalue weighted by Crippen LogP contribution is -2.33. The number of hydrogen-bond acceptors (Lipinski definition) is 9. The Morgan fingerprint density at radius 2 is 1.27 bits per heavy atom. The van der Waals surface area contributed by atoms with Gasteiger partial charge in [0, 0.05) is 0 Å². The van der Waals surface area contributed by atoms with Crippen LogP contribution >= 0.6 is 17.1 Å². The van der Waals surface area contributed by atoms with E-state index in [2.05, 4.69) is 9.47 Å². The smallest absolute Gasteiger partial charge is 0.337 e. The molecule has 1 atom stereocenters. The molecule has 0 rings (SSSR count). The molecule has 1 unspecified atom stereocenters. The Bertz CT molecular complexity index is 490. The van der Waals surface area contributed by atoms with E-state index in [1.807, 2.05) is 0 Å². The first kappa shape index (κ1) is 24.4. The number of sulfonamides is 1. The average Bonchev–Trinajstić information content (AvgIpc) is 2.09. The van der Waals surface area contributed by atoms with Crippen molar-refractivity contribution in [2.75, 3.05) is 0 Å². The fourth-order valence-electron chi connectivity index (χ4n) is 0.302. The Morgan fingerprint density at radius 1 is 0.909 bits per heavy atom. The SMILES string of the molecule is NP(O)OS(=O)(=O)C(F)(F)F.O=S(=O)(NP(O)O)C(F)(F)F. The zero-order chi connectivity index (χ0) is 18.6. The summed E-state index contributed by atoms with van der Waals surface area (Å²) in [4.78, 5) is 23.8. The van der Waals surface area contributed by atoms with Crippen molar-refractivity contribution in [2.45, 2.75) is 11.0 Å². The maximum Gasteiger partial charge on any atom is 0.523 e. The van der Waals surface area contributed by atoms with Crippen molar-refractivity contribution >= 4 is 37.2 Å². The lowest BCUT2D eigenvalue weighted by atomic mass is 11.6. The maximum atomic E-state index is 11.3. The van der Waals surface area contributed by atoms with Gasteiger partial charge >= 0.3 is 31.2 Å². The first-order chi connectivity index (χ1) is 9.33. The van der Waals surface area contributed by atoms with Gasteiger partial charge in [0.25, 0.3) is 17.1 Å². The first-order valence-corrected chi connectivity index (χ1v) is 9.26. The molecule has 0 aromatic heterocycles. The second-order valence-corrected chi connectivity index (χ2v) is 7.96. The fourth-order valence-corrected chi connectivity index (χ4v) is 2.72. The molecule has 0 radical (unpaired) electrons. The molecule has 0 aliphatic heterocycles. The molecule has 0 heterocycles. The summed E-state index contributed by atoms with van der Waals surface area (Å²) in [6, 6.07) is 0. The normalized spacial score (nSPS) is 15.2. The minimum absolute atomic E-state index is 0.582. The number of hydrogen-bond donors (Lipinski definition) is 5. The molecule has 0 aliphatic carbocycles. The maximum absolute atomic E-state index is 11.3. The van der Waals surface area contributed by atoms with Gasteiger partial charge in [-0.15, -0.1) is 4.49 Å². The highest BCUT2D eigenvalue weighted by molar-refractivity contribution is 7.94. The zero-order valence-corrected chi connectivity index (χ0v) is 12.9. The topological polar surface area (TPSA) is 176 Å². The molecule has 0 aliphatic rings. The molecular weight excluding hydrogens is 420 g/mol. The van der Waals surface area contributed by atoms with Crippen LogP contribution < -0.4 is 10.00 Å². The number of rotatable bonds is 4. The van der Waals surface area contributed by atoms with Crippen LogP contribution in [0, 0.1) is 0 Å². The summed E-state index contributed by atoms with van der Waals surface area (Å²) in [7, 11) is -17.7. The van der Waals surface area contributed by atoms with E-state index < -0.39 is 48.2 Å². The van der Waals surface area contributed by atoms with Crippen LogP contribution in [0.15, 0.2) is 0 Å². The van der Waals surface area contributed by atoms with E-state index in [4.69, 9.17) is 14.7 Å². The average molecular weight is 426 g/mol. The summed E-state index contributed by atoms with van der Waals surface area (Å²) in [5.74, 6) is 0. The molecule has 22 heavy (non-hydrogen) atoms. The standard InChI is InChI=1S/2CH3F3NO4PS/c2-1(3,4)11(7,8)9-10(5)6;2-1(3,4)11(8,9)5-10(6)7/h6H,5H2;5-7H. The van der Waals surface area contributed by atoms with Crippen molar-refractivity contribution < 1.29 is 61.8 Å². The summed E-state index contributed by atoms with van der Waals surface area (Å²) >= 11 is 0. The number of nitrogens with two attached hydrogens (primary N) is 1. The number of halogens is 6. The van der Waals surface area contributed by atoms with Gasteiger partial charge in [0.2, 0.25) is 0 Å². The predicted molar refractivity (Wildman–Crippen MR) is 58.9 cm³/mol. The Hall–Kier alpha value is 0.100. The van der Waals surface area contributed by atoms with E-state index in [9.17, 15) is 43.2 Å². The van der Waals surface area contributed by atoms with Gasteiger partial charge in [-0.25, -0.2) is 8.42 Å². The van der Waals surface area contributed by atoms with Crippen LogP contribution in [-0.2, 0) is 24.1 Å². The Labute approximate surface area is 121 Å². The number of alkyl halides is 6. The molecule has 0 saturated carbocycles. The zero-order valence-electron chi connectivity index (χ0n) is 9.44. The molecule has 0 saturated heterocycles. The van der Waals surface area contributed by atoms with Crippen molar-refractivity contribution in [1.82, 2.24) is 4.49 Å². The molecule has 0 aromatic carbocycles. The summed E-state index contributed by atoms with van der Waals surface area (Å²) in [6.45, 7) is 0. The predicted octanol–water partition coefficient (Wildman–Crippen LogP) is -0.332. The van der Waals surface area contributed by atoms with Crippen LogP contribution in [0.5, 0.6) is 0 Å². The van der Waals surface area contributed by atoms with Crippen molar-refractivity contribution in [3.8, 4) is 0 Å². The molecule has 0 aromatic rings. The van der Waals surface area contributed by atoms with Crippen molar-refractivity contribution in [2.24, 2.45) is 5.50 Å². The molecular formula is C2H6F6N2O8P2S2. The Morgan fingerprint density at radius 3 is 1.36 bits per heavy atom. The van der Waals surface area contributed by atoms with Gasteiger partial charge in [-0.2, -0.15) is 38.7 Å². The second kappa shape index (κ2) is 8.27. The largest absolute Gasteiger partial charge is 0.523 e. The molecule has 0 amide bonds. The third-order valence-corrected chi connectivity index (χ3v) is 5.15. The second-order valence-electron chi connectivity index (χ2n) is 2.61. The summed E-state index contributed by atoms with van der Waals surface area (Å²) in [6.07, 6.45) is 0. The van der Waals surface area contributed by atoms with Crippen LogP contribution in [0.4, 0.5) is 26.3 Å². The van der Waals surface area contributed by atoms with E-state index in [0.717, 1.165) is 0 Å². The molecule has 0 spiro atoms. The van der Waals surface area contributed by atoms with Crippen molar-refractivity contribution in [3.63, 3.8) is 0 Å². The third kappa shape index (κ3) is 9.29. The van der Waals surface area contributed by atoms with Crippen molar-refractivity contribution in [1.29, 1.82) is 0 Å². The Balaban J connectivity index is 0. The van der Waals surface area contributed by atoms with Gasteiger partial charge in [0.1, 0.15) is 0 Å². The monoisotopic (exact) mass is 426 g/mol. The lowest BCUT2D eigenvalue weighted by molar-refractivity contribution is -0.0500. The third-order valence-electron chi connectivity index (χ3n) is 0.965. The molecule has 10 nitrogen and oxygen atoms in total. The van der Waals surface area contributed by atoms with E-state index in [0.29, 0.717) is 4.49 Å². The molecule has 136 valence electrons. The van der Waals surface area contributed by atoms with Crippen LogP contribution in [0.25, 0.3) is 0 Å². The lowest BCUT2D eigenvalue weighted by Gasteiger charge is -2.08. The van der Waals surface area contributed by atoms with Gasteiger partial charge in [-0.1, -0.05) is 0 Å².